The van der Waals surface area contributed by atoms with Crippen molar-refractivity contribution in [3.63, 3.8) is 0 Å². The third-order valence-corrected chi connectivity index (χ3v) is 3.44. The quantitative estimate of drug-likeness (QED) is 0.799. The average molecular weight is 280 g/mol. The number of pyridine rings is 1. The number of benzene rings is 1. The zero-order valence-corrected chi connectivity index (χ0v) is 11.8. The summed E-state index contributed by atoms with van der Waals surface area (Å²) in [5.74, 6) is -0.000321. The van der Waals surface area contributed by atoms with E-state index in [2.05, 4.69) is 15.2 Å². The van der Waals surface area contributed by atoms with Crippen LogP contribution in [-0.2, 0) is 6.54 Å². The zero-order valence-electron chi connectivity index (χ0n) is 11.8. The van der Waals surface area contributed by atoms with Gasteiger partial charge in [0.15, 0.2) is 0 Å². The van der Waals surface area contributed by atoms with E-state index in [4.69, 9.17) is 0 Å². The Hall–Kier alpha value is -2.69. The molecule has 1 amide bonds. The van der Waals surface area contributed by atoms with Crippen molar-refractivity contribution in [3.05, 3.63) is 60.0 Å². The summed E-state index contributed by atoms with van der Waals surface area (Å²) in [5, 5.41) is 7.86. The molecule has 0 spiro atoms. The van der Waals surface area contributed by atoms with E-state index in [-0.39, 0.29) is 5.91 Å². The number of hydrogen-bond donors (Lipinski definition) is 1. The Morgan fingerprint density at radius 2 is 2.19 bits per heavy atom. The van der Waals surface area contributed by atoms with Crippen molar-refractivity contribution < 1.29 is 4.79 Å². The van der Waals surface area contributed by atoms with Gasteiger partial charge in [0.1, 0.15) is 0 Å². The van der Waals surface area contributed by atoms with E-state index in [9.17, 15) is 4.79 Å². The van der Waals surface area contributed by atoms with Crippen molar-refractivity contribution in [2.45, 2.75) is 13.5 Å². The van der Waals surface area contributed by atoms with Crippen molar-refractivity contribution in [2.24, 2.45) is 0 Å². The van der Waals surface area contributed by atoms with Crippen molar-refractivity contribution in [1.82, 2.24) is 20.1 Å². The highest BCUT2D eigenvalue weighted by atomic mass is 16.2. The number of nitrogens with one attached hydrogen (secondary N) is 1. The highest BCUT2D eigenvalue weighted by Gasteiger charge is 2.15. The van der Waals surface area contributed by atoms with E-state index in [1.807, 2.05) is 43.3 Å². The van der Waals surface area contributed by atoms with Crippen LogP contribution in [0.25, 0.3) is 10.9 Å². The van der Waals surface area contributed by atoms with Gasteiger partial charge in [-0.2, -0.15) is 5.10 Å². The largest absolute Gasteiger partial charge is 0.333 e. The lowest BCUT2D eigenvalue weighted by atomic mass is 10.1. The maximum absolute atomic E-state index is 12.6. The van der Waals surface area contributed by atoms with E-state index in [0.29, 0.717) is 18.7 Å². The maximum atomic E-state index is 12.6. The third-order valence-electron chi connectivity index (χ3n) is 3.44. The summed E-state index contributed by atoms with van der Waals surface area (Å²) in [7, 11) is 0. The van der Waals surface area contributed by atoms with Crippen molar-refractivity contribution >= 4 is 16.8 Å². The minimum absolute atomic E-state index is 0.000321. The van der Waals surface area contributed by atoms with Gasteiger partial charge in [-0.1, -0.05) is 12.1 Å². The molecule has 1 N–H and O–H groups in total. The van der Waals surface area contributed by atoms with Crippen LogP contribution in [0, 0.1) is 0 Å². The highest BCUT2D eigenvalue weighted by molar-refractivity contribution is 5.97. The molecule has 0 saturated heterocycles. The molecule has 2 heterocycles. The summed E-state index contributed by atoms with van der Waals surface area (Å²) >= 11 is 0. The number of hydrogen-bond acceptors (Lipinski definition) is 3. The lowest BCUT2D eigenvalue weighted by Gasteiger charge is -2.20. The number of rotatable bonds is 4. The molecule has 0 fully saturated rings. The number of carbonyl (C=O) groups is 1. The Morgan fingerprint density at radius 1 is 1.29 bits per heavy atom. The molecule has 21 heavy (non-hydrogen) atoms. The van der Waals surface area contributed by atoms with Gasteiger partial charge in [0, 0.05) is 23.7 Å². The Labute approximate surface area is 122 Å². The molecule has 0 aliphatic rings. The third kappa shape index (κ3) is 2.76. The molecule has 106 valence electrons. The SMILES string of the molecule is CCN(Cc1ccccn1)C(=O)c1ccc2cn[nH]c2c1. The Balaban J connectivity index is 1.84. The first kappa shape index (κ1) is 13.3. The molecule has 0 atom stereocenters. The number of aromatic amines is 1. The van der Waals surface area contributed by atoms with Gasteiger partial charge in [0.05, 0.1) is 24.0 Å². The lowest BCUT2D eigenvalue weighted by molar-refractivity contribution is 0.0751. The van der Waals surface area contributed by atoms with E-state index in [1.54, 1.807) is 17.3 Å². The fourth-order valence-electron chi connectivity index (χ4n) is 2.27. The molecule has 2 aromatic heterocycles. The summed E-state index contributed by atoms with van der Waals surface area (Å²) in [6, 6.07) is 11.3. The molecule has 0 bridgehead atoms. The lowest BCUT2D eigenvalue weighted by Crippen LogP contribution is -2.30. The first-order valence-corrected chi connectivity index (χ1v) is 6.90. The first-order chi connectivity index (χ1) is 10.3. The molecular formula is C16H16N4O. The van der Waals surface area contributed by atoms with E-state index in [0.717, 1.165) is 16.6 Å². The second kappa shape index (κ2) is 5.75. The molecule has 3 aromatic rings. The molecule has 0 saturated carbocycles. The van der Waals surface area contributed by atoms with E-state index >= 15 is 0 Å². The Bertz CT molecular complexity index is 751. The fraction of sp³-hybridized carbons (Fsp3) is 0.188. The van der Waals surface area contributed by atoms with E-state index < -0.39 is 0 Å². The zero-order chi connectivity index (χ0) is 14.7. The first-order valence-electron chi connectivity index (χ1n) is 6.90. The molecule has 0 radical (unpaired) electrons. The van der Waals surface area contributed by atoms with Gasteiger partial charge < -0.3 is 4.90 Å². The smallest absolute Gasteiger partial charge is 0.254 e. The highest BCUT2D eigenvalue weighted by Crippen LogP contribution is 2.15. The van der Waals surface area contributed by atoms with Crippen molar-refractivity contribution in [2.75, 3.05) is 6.54 Å². The number of nitrogens with zero attached hydrogens (tertiary/aromatic N) is 3. The van der Waals surface area contributed by atoms with Crippen LogP contribution in [-0.4, -0.2) is 32.5 Å². The minimum atomic E-state index is -0.000321. The van der Waals surface area contributed by atoms with Gasteiger partial charge >= 0.3 is 0 Å². The van der Waals surface area contributed by atoms with Gasteiger partial charge in [0.2, 0.25) is 0 Å². The molecular weight excluding hydrogens is 264 g/mol. The average Bonchev–Trinajstić information content (AvgIpc) is 3.00. The molecule has 5 nitrogen and oxygen atoms in total. The number of fused-ring (bicyclic) bond motifs is 1. The number of amides is 1. The summed E-state index contributed by atoms with van der Waals surface area (Å²) in [4.78, 5) is 18.7. The van der Waals surface area contributed by atoms with Gasteiger partial charge in [-0.05, 0) is 31.2 Å². The Morgan fingerprint density at radius 3 is 2.95 bits per heavy atom. The van der Waals surface area contributed by atoms with Crippen molar-refractivity contribution in [1.29, 1.82) is 0 Å². The fourth-order valence-corrected chi connectivity index (χ4v) is 2.27. The standard InChI is InChI=1S/C16H16N4O/c1-2-20(11-14-5-3-4-8-17-14)16(21)12-6-7-13-10-18-19-15(13)9-12/h3-10H,2,11H2,1H3,(H,18,19). The minimum Gasteiger partial charge on any atom is -0.333 e. The summed E-state index contributed by atoms with van der Waals surface area (Å²) < 4.78 is 0. The van der Waals surface area contributed by atoms with Crippen LogP contribution in [0.15, 0.2) is 48.8 Å². The van der Waals surface area contributed by atoms with Crippen molar-refractivity contribution in [3.8, 4) is 0 Å². The Kier molecular flexibility index (Phi) is 3.64. The van der Waals surface area contributed by atoms with Crippen LogP contribution < -0.4 is 0 Å². The molecule has 5 heteroatoms. The molecule has 0 aliphatic heterocycles. The summed E-state index contributed by atoms with van der Waals surface area (Å²) in [6.07, 6.45) is 3.49. The van der Waals surface area contributed by atoms with Gasteiger partial charge in [-0.25, -0.2) is 0 Å². The molecule has 0 unspecified atom stereocenters. The van der Waals surface area contributed by atoms with Crippen LogP contribution in [0.5, 0.6) is 0 Å². The van der Waals surface area contributed by atoms with Crippen LogP contribution in [0.4, 0.5) is 0 Å². The number of H-pyrrole nitrogens is 1. The predicted molar refractivity (Wildman–Crippen MR) is 80.7 cm³/mol. The predicted octanol–water partition coefficient (Wildman–Crippen LogP) is 2.62. The summed E-state index contributed by atoms with van der Waals surface area (Å²) in [6.45, 7) is 3.11. The number of carbonyl (C=O) groups excluding carboxylic acids is 1. The topological polar surface area (TPSA) is 61.9 Å². The van der Waals surface area contributed by atoms with Crippen LogP contribution in [0.3, 0.4) is 0 Å². The van der Waals surface area contributed by atoms with Gasteiger partial charge in [0.25, 0.3) is 5.91 Å². The van der Waals surface area contributed by atoms with Crippen LogP contribution in [0.2, 0.25) is 0 Å². The van der Waals surface area contributed by atoms with Gasteiger partial charge in [-0.3, -0.25) is 14.9 Å². The maximum Gasteiger partial charge on any atom is 0.254 e. The molecule has 3 rings (SSSR count). The van der Waals surface area contributed by atoms with Gasteiger partial charge in [-0.15, -0.1) is 0 Å². The van der Waals surface area contributed by atoms with Crippen LogP contribution in [0.1, 0.15) is 23.0 Å². The second-order valence-corrected chi connectivity index (χ2v) is 4.81. The number of aromatic nitrogens is 3. The molecule has 0 aliphatic carbocycles. The second-order valence-electron chi connectivity index (χ2n) is 4.81. The summed E-state index contributed by atoms with van der Waals surface area (Å²) in [5.41, 5.74) is 2.41. The van der Waals surface area contributed by atoms with Crippen LogP contribution >= 0.6 is 0 Å². The normalized spacial score (nSPS) is 10.7. The monoisotopic (exact) mass is 280 g/mol. The molecule has 1 aromatic carbocycles. The van der Waals surface area contributed by atoms with E-state index in [1.165, 1.54) is 0 Å².